The molecule has 1 saturated carbocycles. The van der Waals surface area contributed by atoms with E-state index >= 15 is 0 Å². The van der Waals surface area contributed by atoms with Crippen molar-refractivity contribution in [1.29, 1.82) is 0 Å². The van der Waals surface area contributed by atoms with Crippen molar-refractivity contribution in [2.24, 2.45) is 17.3 Å². The van der Waals surface area contributed by atoms with Crippen molar-refractivity contribution in [2.45, 2.75) is 84.7 Å². The third-order valence-corrected chi connectivity index (χ3v) is 4.95. The third-order valence-electron chi connectivity index (χ3n) is 4.95. The van der Waals surface area contributed by atoms with Gasteiger partial charge in [-0.05, 0) is 62.2 Å². The van der Waals surface area contributed by atoms with Crippen LogP contribution in [0.15, 0.2) is 12.7 Å². The maximum absolute atomic E-state index is 10.3. The van der Waals surface area contributed by atoms with Gasteiger partial charge >= 0.3 is 0 Å². The molecular formula is C18H34O. The van der Waals surface area contributed by atoms with Crippen LogP contribution >= 0.6 is 0 Å². The fourth-order valence-corrected chi connectivity index (χ4v) is 3.42. The lowest BCUT2D eigenvalue weighted by molar-refractivity contribution is 0.0466. The first-order chi connectivity index (χ1) is 8.95. The van der Waals surface area contributed by atoms with E-state index in [0.717, 1.165) is 18.8 Å². The van der Waals surface area contributed by atoms with Crippen LogP contribution in [0.1, 0.15) is 78.6 Å². The zero-order valence-electron chi connectivity index (χ0n) is 13.3. The minimum atomic E-state index is -0.0513. The summed E-state index contributed by atoms with van der Waals surface area (Å²) in [6, 6.07) is 0. The highest BCUT2D eigenvalue weighted by Crippen LogP contribution is 2.41. The molecule has 0 saturated heterocycles. The normalized spacial score (nSPS) is 26.1. The van der Waals surface area contributed by atoms with Gasteiger partial charge in [0, 0.05) is 0 Å². The van der Waals surface area contributed by atoms with Crippen molar-refractivity contribution < 1.29 is 5.11 Å². The Morgan fingerprint density at radius 1 is 1.11 bits per heavy atom. The van der Waals surface area contributed by atoms with Gasteiger partial charge in [0.05, 0.1) is 6.10 Å². The van der Waals surface area contributed by atoms with Crippen LogP contribution in [0, 0.1) is 17.3 Å². The lowest BCUT2D eigenvalue weighted by Gasteiger charge is -2.38. The molecule has 0 aromatic carbocycles. The number of rotatable bonds is 7. The zero-order valence-corrected chi connectivity index (χ0v) is 13.3. The highest BCUT2D eigenvalue weighted by atomic mass is 16.3. The van der Waals surface area contributed by atoms with E-state index in [-0.39, 0.29) is 6.10 Å². The SMILES string of the molecule is C=CCCCCCC(O)C1CCC(C(C)(C)C)CC1. The van der Waals surface area contributed by atoms with Crippen molar-refractivity contribution in [1.82, 2.24) is 0 Å². The average Bonchev–Trinajstić information content (AvgIpc) is 2.37. The molecule has 0 radical (unpaired) electrons. The molecule has 0 aromatic rings. The first kappa shape index (κ1) is 16.8. The quantitative estimate of drug-likeness (QED) is 0.487. The fraction of sp³-hybridized carbons (Fsp3) is 0.889. The largest absolute Gasteiger partial charge is 0.393 e. The molecule has 1 aliphatic rings. The molecule has 0 aromatic heterocycles. The van der Waals surface area contributed by atoms with Crippen molar-refractivity contribution in [3.05, 3.63) is 12.7 Å². The van der Waals surface area contributed by atoms with E-state index in [1.165, 1.54) is 44.9 Å². The Morgan fingerprint density at radius 3 is 2.26 bits per heavy atom. The van der Waals surface area contributed by atoms with E-state index in [1.54, 1.807) is 0 Å². The van der Waals surface area contributed by atoms with Crippen LogP contribution in [-0.2, 0) is 0 Å². The summed E-state index contributed by atoms with van der Waals surface area (Å²) in [4.78, 5) is 0. The highest BCUT2D eigenvalue weighted by Gasteiger charge is 2.31. The van der Waals surface area contributed by atoms with Gasteiger partial charge in [-0.3, -0.25) is 0 Å². The highest BCUT2D eigenvalue weighted by molar-refractivity contribution is 4.83. The van der Waals surface area contributed by atoms with Gasteiger partial charge in [0.1, 0.15) is 0 Å². The third kappa shape index (κ3) is 6.12. The van der Waals surface area contributed by atoms with E-state index in [0.29, 0.717) is 11.3 Å². The number of allylic oxidation sites excluding steroid dienone is 1. The smallest absolute Gasteiger partial charge is 0.0568 e. The molecule has 19 heavy (non-hydrogen) atoms. The summed E-state index contributed by atoms with van der Waals surface area (Å²) in [7, 11) is 0. The van der Waals surface area contributed by atoms with Crippen molar-refractivity contribution in [3.63, 3.8) is 0 Å². The van der Waals surface area contributed by atoms with Gasteiger partial charge in [0.2, 0.25) is 0 Å². The second-order valence-electron chi connectivity index (χ2n) is 7.47. The minimum Gasteiger partial charge on any atom is -0.393 e. The van der Waals surface area contributed by atoms with Crippen molar-refractivity contribution in [2.75, 3.05) is 0 Å². The number of hydrogen-bond donors (Lipinski definition) is 1. The zero-order chi connectivity index (χ0) is 14.3. The summed E-state index contributed by atoms with van der Waals surface area (Å²) >= 11 is 0. The summed E-state index contributed by atoms with van der Waals surface area (Å²) < 4.78 is 0. The number of aliphatic hydroxyl groups is 1. The number of hydrogen-bond acceptors (Lipinski definition) is 1. The topological polar surface area (TPSA) is 20.2 Å². The molecule has 1 rings (SSSR count). The maximum atomic E-state index is 10.3. The molecule has 1 fully saturated rings. The van der Waals surface area contributed by atoms with Crippen LogP contribution in [0.4, 0.5) is 0 Å². The Hall–Kier alpha value is -0.300. The van der Waals surface area contributed by atoms with Crippen LogP contribution in [-0.4, -0.2) is 11.2 Å². The van der Waals surface area contributed by atoms with Gasteiger partial charge < -0.3 is 5.11 Å². The van der Waals surface area contributed by atoms with Gasteiger partial charge in [0.25, 0.3) is 0 Å². The molecular weight excluding hydrogens is 232 g/mol. The van der Waals surface area contributed by atoms with Crippen LogP contribution in [0.3, 0.4) is 0 Å². The predicted octanol–water partition coefficient (Wildman–Crippen LogP) is 5.34. The lowest BCUT2D eigenvalue weighted by Crippen LogP contribution is -2.30. The molecule has 0 aliphatic heterocycles. The first-order valence-electron chi connectivity index (χ1n) is 8.24. The van der Waals surface area contributed by atoms with Crippen molar-refractivity contribution in [3.8, 4) is 0 Å². The van der Waals surface area contributed by atoms with E-state index in [9.17, 15) is 5.11 Å². The molecule has 1 heteroatoms. The maximum Gasteiger partial charge on any atom is 0.0568 e. The van der Waals surface area contributed by atoms with Crippen molar-refractivity contribution >= 4 is 0 Å². The second-order valence-corrected chi connectivity index (χ2v) is 7.47. The summed E-state index contributed by atoms with van der Waals surface area (Å²) in [5, 5.41) is 10.3. The molecule has 1 nitrogen and oxygen atoms in total. The Kier molecular flexibility index (Phi) is 7.13. The first-order valence-corrected chi connectivity index (χ1v) is 8.24. The minimum absolute atomic E-state index is 0.0513. The van der Waals surface area contributed by atoms with Gasteiger partial charge in [-0.2, -0.15) is 0 Å². The van der Waals surface area contributed by atoms with E-state index in [4.69, 9.17) is 0 Å². The van der Waals surface area contributed by atoms with Gasteiger partial charge in [-0.15, -0.1) is 6.58 Å². The van der Waals surface area contributed by atoms with E-state index in [1.807, 2.05) is 6.08 Å². The lowest BCUT2D eigenvalue weighted by atomic mass is 9.68. The monoisotopic (exact) mass is 266 g/mol. The summed E-state index contributed by atoms with van der Waals surface area (Å²) in [6.07, 6.45) is 12.8. The second kappa shape index (κ2) is 8.09. The molecule has 112 valence electrons. The standard InChI is InChI=1S/C18H34O/c1-5-6-7-8-9-10-17(19)15-11-13-16(14-12-15)18(2,3)4/h5,15-17,19H,1,6-14H2,2-4H3. The summed E-state index contributed by atoms with van der Waals surface area (Å²) in [6.45, 7) is 10.8. The molecule has 1 unspecified atom stereocenters. The predicted molar refractivity (Wildman–Crippen MR) is 84.2 cm³/mol. The van der Waals surface area contributed by atoms with Crippen LogP contribution in [0.5, 0.6) is 0 Å². The Labute approximate surface area is 120 Å². The molecule has 0 spiro atoms. The molecule has 0 heterocycles. The van der Waals surface area contributed by atoms with Crippen LogP contribution in [0.25, 0.3) is 0 Å². The van der Waals surface area contributed by atoms with Crippen LogP contribution < -0.4 is 0 Å². The van der Waals surface area contributed by atoms with Gasteiger partial charge in [-0.1, -0.05) is 39.7 Å². The van der Waals surface area contributed by atoms with E-state index < -0.39 is 0 Å². The van der Waals surface area contributed by atoms with Gasteiger partial charge in [-0.25, -0.2) is 0 Å². The Bertz CT molecular complexity index is 243. The summed E-state index contributed by atoms with van der Waals surface area (Å²) in [5.74, 6) is 1.42. The number of unbranched alkanes of at least 4 members (excludes halogenated alkanes) is 3. The molecule has 1 aliphatic carbocycles. The Morgan fingerprint density at radius 2 is 1.74 bits per heavy atom. The molecule has 0 bridgehead atoms. The van der Waals surface area contributed by atoms with Crippen LogP contribution in [0.2, 0.25) is 0 Å². The van der Waals surface area contributed by atoms with E-state index in [2.05, 4.69) is 27.4 Å². The Balaban J connectivity index is 2.18. The fourth-order valence-electron chi connectivity index (χ4n) is 3.42. The average molecular weight is 266 g/mol. The van der Waals surface area contributed by atoms with Gasteiger partial charge in [0.15, 0.2) is 0 Å². The molecule has 1 atom stereocenters. The molecule has 0 amide bonds. The molecule has 1 N–H and O–H groups in total. The number of aliphatic hydroxyl groups excluding tert-OH is 1. The summed E-state index contributed by atoms with van der Waals surface area (Å²) in [5.41, 5.74) is 0.445.